The third-order valence-electron chi connectivity index (χ3n) is 3.97. The summed E-state index contributed by atoms with van der Waals surface area (Å²) in [5.74, 6) is -0.157. The number of carbonyl (C=O) groups is 1. The fourth-order valence-electron chi connectivity index (χ4n) is 2.35. The molecule has 0 heterocycles. The van der Waals surface area contributed by atoms with Crippen LogP contribution in [0.4, 0.5) is 0 Å². The number of nitrogens with one attached hydrogen (secondary N) is 1. The summed E-state index contributed by atoms with van der Waals surface area (Å²) < 4.78 is 0. The van der Waals surface area contributed by atoms with Gasteiger partial charge in [0.2, 0.25) is 5.91 Å². The van der Waals surface area contributed by atoms with Crippen molar-refractivity contribution in [2.24, 2.45) is 5.73 Å². The molecule has 3 nitrogen and oxygen atoms in total. The van der Waals surface area contributed by atoms with Gasteiger partial charge in [0.15, 0.2) is 0 Å². The quantitative estimate of drug-likeness (QED) is 0.873. The molecular formula is C19H25ClN2O. The first-order valence-electron chi connectivity index (χ1n) is 7.72. The van der Waals surface area contributed by atoms with E-state index in [9.17, 15) is 4.79 Å². The van der Waals surface area contributed by atoms with E-state index >= 15 is 0 Å². The normalized spacial score (nSPS) is 12.9. The van der Waals surface area contributed by atoms with Crippen molar-refractivity contribution in [3.63, 3.8) is 0 Å². The van der Waals surface area contributed by atoms with Gasteiger partial charge in [-0.2, -0.15) is 0 Å². The van der Waals surface area contributed by atoms with Crippen LogP contribution in [-0.4, -0.2) is 5.91 Å². The minimum Gasteiger partial charge on any atom is -0.348 e. The Morgan fingerprint density at radius 2 is 1.57 bits per heavy atom. The molecule has 2 rings (SSSR count). The number of halogens is 1. The minimum atomic E-state index is -0.641. The lowest BCUT2D eigenvalue weighted by atomic mass is 10.0. The van der Waals surface area contributed by atoms with E-state index in [1.54, 1.807) is 0 Å². The van der Waals surface area contributed by atoms with Gasteiger partial charge in [-0.25, -0.2) is 0 Å². The van der Waals surface area contributed by atoms with Gasteiger partial charge in [0.25, 0.3) is 0 Å². The van der Waals surface area contributed by atoms with Gasteiger partial charge >= 0.3 is 0 Å². The predicted octanol–water partition coefficient (Wildman–Crippen LogP) is 3.86. The van der Waals surface area contributed by atoms with Crippen LogP contribution in [0.3, 0.4) is 0 Å². The van der Waals surface area contributed by atoms with E-state index in [0.29, 0.717) is 0 Å². The van der Waals surface area contributed by atoms with Gasteiger partial charge in [0.05, 0.1) is 6.04 Å². The lowest BCUT2D eigenvalue weighted by Crippen LogP contribution is -2.35. The minimum absolute atomic E-state index is 0. The molecule has 0 aliphatic heterocycles. The molecule has 0 aliphatic rings. The first kappa shape index (κ1) is 19.2. The molecule has 0 saturated heterocycles. The van der Waals surface area contributed by atoms with Gasteiger partial charge < -0.3 is 11.1 Å². The highest BCUT2D eigenvalue weighted by molar-refractivity contribution is 5.85. The van der Waals surface area contributed by atoms with E-state index in [2.05, 4.69) is 36.5 Å². The molecule has 0 bridgehead atoms. The van der Waals surface area contributed by atoms with Crippen LogP contribution in [-0.2, 0) is 11.2 Å². The smallest absolute Gasteiger partial charge is 0.241 e. The van der Waals surface area contributed by atoms with E-state index < -0.39 is 6.04 Å². The molecule has 2 unspecified atom stereocenters. The Morgan fingerprint density at radius 3 is 2.09 bits per heavy atom. The Balaban J connectivity index is 0.00000264. The summed E-state index contributed by atoms with van der Waals surface area (Å²) >= 11 is 0. The molecule has 0 radical (unpaired) electrons. The zero-order valence-corrected chi connectivity index (χ0v) is 14.7. The molecular weight excluding hydrogens is 308 g/mol. The lowest BCUT2D eigenvalue weighted by Gasteiger charge is -2.18. The summed E-state index contributed by atoms with van der Waals surface area (Å²) in [5, 5.41) is 2.98. The van der Waals surface area contributed by atoms with Gasteiger partial charge in [-0.1, -0.05) is 61.0 Å². The molecule has 0 spiro atoms. The second-order valence-electron chi connectivity index (χ2n) is 5.71. The second kappa shape index (κ2) is 8.70. The maximum atomic E-state index is 12.3. The first-order valence-corrected chi connectivity index (χ1v) is 7.72. The molecule has 3 N–H and O–H groups in total. The molecule has 0 aromatic heterocycles. The van der Waals surface area contributed by atoms with Gasteiger partial charge in [-0.3, -0.25) is 4.79 Å². The van der Waals surface area contributed by atoms with Crippen LogP contribution < -0.4 is 11.1 Å². The number of hydrogen-bond donors (Lipinski definition) is 2. The van der Waals surface area contributed by atoms with Crippen LogP contribution >= 0.6 is 12.4 Å². The Hall–Kier alpha value is -1.84. The third kappa shape index (κ3) is 5.08. The van der Waals surface area contributed by atoms with E-state index in [4.69, 9.17) is 5.73 Å². The zero-order chi connectivity index (χ0) is 16.1. The number of aryl methyl sites for hydroxylation is 2. The molecule has 2 aromatic carbocycles. The fraction of sp³-hybridized carbons (Fsp3) is 0.316. The molecule has 23 heavy (non-hydrogen) atoms. The Morgan fingerprint density at radius 1 is 1.04 bits per heavy atom. The van der Waals surface area contributed by atoms with Crippen molar-refractivity contribution in [1.82, 2.24) is 5.32 Å². The summed E-state index contributed by atoms with van der Waals surface area (Å²) in [6.07, 6.45) is 1.01. The first-order chi connectivity index (χ1) is 10.5. The number of hydrogen-bond acceptors (Lipinski definition) is 2. The summed E-state index contributed by atoms with van der Waals surface area (Å²) in [4.78, 5) is 12.3. The van der Waals surface area contributed by atoms with Crippen molar-refractivity contribution in [2.45, 2.75) is 39.3 Å². The maximum Gasteiger partial charge on any atom is 0.241 e. The third-order valence-corrected chi connectivity index (χ3v) is 3.97. The van der Waals surface area contributed by atoms with Gasteiger partial charge in [0.1, 0.15) is 6.04 Å². The van der Waals surface area contributed by atoms with E-state index in [1.807, 2.05) is 38.1 Å². The van der Waals surface area contributed by atoms with Gasteiger partial charge in [-0.05, 0) is 37.0 Å². The Labute approximate surface area is 144 Å². The Kier molecular flexibility index (Phi) is 7.27. The number of benzene rings is 2. The molecule has 0 saturated carbocycles. The SMILES string of the molecule is CCc1ccc(C(C)NC(=O)C(N)c2ccc(C)cc2)cc1.Cl. The zero-order valence-electron chi connectivity index (χ0n) is 13.9. The molecule has 2 atom stereocenters. The molecule has 1 amide bonds. The van der Waals surface area contributed by atoms with Crippen LogP contribution in [0.1, 0.15) is 48.2 Å². The van der Waals surface area contributed by atoms with Crippen LogP contribution in [0.5, 0.6) is 0 Å². The number of rotatable bonds is 5. The summed E-state index contributed by atoms with van der Waals surface area (Å²) in [6.45, 7) is 6.11. The van der Waals surface area contributed by atoms with Crippen molar-refractivity contribution in [2.75, 3.05) is 0 Å². The summed E-state index contributed by atoms with van der Waals surface area (Å²) in [5.41, 5.74) is 10.4. The topological polar surface area (TPSA) is 55.1 Å². The lowest BCUT2D eigenvalue weighted by molar-refractivity contribution is -0.123. The Bertz CT molecular complexity index is 623. The van der Waals surface area contributed by atoms with Gasteiger partial charge in [-0.15, -0.1) is 12.4 Å². The van der Waals surface area contributed by atoms with Crippen molar-refractivity contribution in [3.8, 4) is 0 Å². The van der Waals surface area contributed by atoms with Crippen LogP contribution in [0.25, 0.3) is 0 Å². The molecule has 0 fully saturated rings. The van der Waals surface area contributed by atoms with Crippen molar-refractivity contribution in [3.05, 3.63) is 70.8 Å². The number of amides is 1. The van der Waals surface area contributed by atoms with Crippen LogP contribution in [0.2, 0.25) is 0 Å². The highest BCUT2D eigenvalue weighted by Gasteiger charge is 2.18. The van der Waals surface area contributed by atoms with E-state index in [1.165, 1.54) is 5.56 Å². The largest absolute Gasteiger partial charge is 0.348 e. The van der Waals surface area contributed by atoms with Crippen molar-refractivity contribution >= 4 is 18.3 Å². The average Bonchev–Trinajstić information content (AvgIpc) is 2.54. The molecule has 0 aliphatic carbocycles. The van der Waals surface area contributed by atoms with Crippen LogP contribution in [0, 0.1) is 6.92 Å². The summed E-state index contributed by atoms with van der Waals surface area (Å²) in [6, 6.07) is 15.3. The van der Waals surface area contributed by atoms with E-state index in [0.717, 1.165) is 23.1 Å². The molecule has 2 aromatic rings. The predicted molar refractivity (Wildman–Crippen MR) is 97.7 cm³/mol. The highest BCUT2D eigenvalue weighted by Crippen LogP contribution is 2.16. The second-order valence-corrected chi connectivity index (χ2v) is 5.71. The van der Waals surface area contributed by atoms with Gasteiger partial charge in [0, 0.05) is 0 Å². The van der Waals surface area contributed by atoms with Crippen molar-refractivity contribution < 1.29 is 4.79 Å². The molecule has 124 valence electrons. The standard InChI is InChI=1S/C19H24N2O.ClH/c1-4-15-7-11-16(12-8-15)14(3)21-19(22)18(20)17-9-5-13(2)6-10-17;/h5-12,14,18H,4,20H2,1-3H3,(H,21,22);1H. The highest BCUT2D eigenvalue weighted by atomic mass is 35.5. The van der Waals surface area contributed by atoms with Crippen molar-refractivity contribution in [1.29, 1.82) is 0 Å². The number of carbonyl (C=O) groups excluding carboxylic acids is 1. The van der Waals surface area contributed by atoms with Crippen LogP contribution in [0.15, 0.2) is 48.5 Å². The fourth-order valence-corrected chi connectivity index (χ4v) is 2.35. The summed E-state index contributed by atoms with van der Waals surface area (Å²) in [7, 11) is 0. The average molecular weight is 333 g/mol. The number of nitrogens with two attached hydrogens (primary N) is 1. The monoisotopic (exact) mass is 332 g/mol. The molecule has 4 heteroatoms. The van der Waals surface area contributed by atoms with E-state index in [-0.39, 0.29) is 24.4 Å². The maximum absolute atomic E-state index is 12.3.